The van der Waals surface area contributed by atoms with Crippen LogP contribution in [0.15, 0.2) is 48.5 Å². The molecule has 0 amide bonds. The van der Waals surface area contributed by atoms with Crippen LogP contribution in [0.2, 0.25) is 5.02 Å². The lowest BCUT2D eigenvalue weighted by Crippen LogP contribution is -1.97. The molecule has 2 aromatic carbocycles. The number of halogens is 2. The van der Waals surface area contributed by atoms with Gasteiger partial charge in [0.15, 0.2) is 0 Å². The van der Waals surface area contributed by atoms with E-state index in [4.69, 9.17) is 21.4 Å². The molecule has 0 atom stereocenters. The molecule has 0 aliphatic rings. The molecule has 21 heavy (non-hydrogen) atoms. The molecule has 0 saturated carbocycles. The van der Waals surface area contributed by atoms with Crippen molar-refractivity contribution in [1.82, 2.24) is 0 Å². The van der Waals surface area contributed by atoms with Gasteiger partial charge in [-0.3, -0.25) is 0 Å². The van der Waals surface area contributed by atoms with Crippen molar-refractivity contribution in [2.45, 2.75) is 6.61 Å². The van der Waals surface area contributed by atoms with Crippen molar-refractivity contribution in [2.24, 2.45) is 0 Å². The Hall–Kier alpha value is -2.33. The Bertz CT molecular complexity index is 666. The molecule has 0 saturated heterocycles. The van der Waals surface area contributed by atoms with Gasteiger partial charge in [-0.2, -0.15) is 0 Å². The summed E-state index contributed by atoms with van der Waals surface area (Å²) in [6, 6.07) is 10.9. The van der Waals surface area contributed by atoms with E-state index in [2.05, 4.69) is 0 Å². The first kappa shape index (κ1) is 15.1. The summed E-state index contributed by atoms with van der Waals surface area (Å²) in [5.41, 5.74) is 1.31. The highest BCUT2D eigenvalue weighted by Crippen LogP contribution is 2.20. The number of rotatable bonds is 5. The number of carboxylic acids is 1. The maximum atomic E-state index is 13.1. The Labute approximate surface area is 126 Å². The van der Waals surface area contributed by atoms with Crippen molar-refractivity contribution in [1.29, 1.82) is 0 Å². The Balaban J connectivity index is 2.00. The van der Waals surface area contributed by atoms with Crippen LogP contribution < -0.4 is 4.74 Å². The largest absolute Gasteiger partial charge is 0.489 e. The Morgan fingerprint density at radius 2 is 1.95 bits per heavy atom. The van der Waals surface area contributed by atoms with E-state index in [-0.39, 0.29) is 12.4 Å². The highest BCUT2D eigenvalue weighted by atomic mass is 35.5. The summed E-state index contributed by atoms with van der Waals surface area (Å²) in [5, 5.41) is 8.98. The standard InChI is InChI=1S/C16H12ClFO3/c17-15-7-4-13(18)9-12(15)10-21-14-5-1-11(2-6-14)3-8-16(19)20/h1-9H,10H2,(H,19,20)/b8-3+. The van der Waals surface area contributed by atoms with Gasteiger partial charge in [0.2, 0.25) is 0 Å². The zero-order chi connectivity index (χ0) is 15.2. The van der Waals surface area contributed by atoms with Crippen molar-refractivity contribution < 1.29 is 19.0 Å². The summed E-state index contributed by atoms with van der Waals surface area (Å²) in [7, 11) is 0. The Morgan fingerprint density at radius 1 is 1.24 bits per heavy atom. The van der Waals surface area contributed by atoms with Gasteiger partial charge in [-0.05, 0) is 42.0 Å². The van der Waals surface area contributed by atoms with Crippen molar-refractivity contribution in [3.8, 4) is 5.75 Å². The van der Waals surface area contributed by atoms with E-state index in [1.165, 1.54) is 24.3 Å². The first-order chi connectivity index (χ1) is 10.0. The quantitative estimate of drug-likeness (QED) is 0.844. The van der Waals surface area contributed by atoms with Gasteiger partial charge in [-0.25, -0.2) is 9.18 Å². The highest BCUT2D eigenvalue weighted by molar-refractivity contribution is 6.31. The van der Waals surface area contributed by atoms with Gasteiger partial charge >= 0.3 is 5.97 Å². The first-order valence-electron chi connectivity index (χ1n) is 6.12. The molecule has 0 heterocycles. The van der Waals surface area contributed by atoms with Crippen LogP contribution in [0.5, 0.6) is 5.75 Å². The fourth-order valence-electron chi connectivity index (χ4n) is 1.66. The number of carboxylic acid groups (broad SMARTS) is 1. The van der Waals surface area contributed by atoms with E-state index >= 15 is 0 Å². The molecule has 5 heteroatoms. The zero-order valence-corrected chi connectivity index (χ0v) is 11.7. The van der Waals surface area contributed by atoms with E-state index < -0.39 is 5.97 Å². The topological polar surface area (TPSA) is 46.5 Å². The average Bonchev–Trinajstić information content (AvgIpc) is 2.47. The van der Waals surface area contributed by atoms with Crippen LogP contribution in [-0.4, -0.2) is 11.1 Å². The number of aliphatic carboxylic acids is 1. The summed E-state index contributed by atoms with van der Waals surface area (Å²) in [4.78, 5) is 10.4. The molecule has 0 bridgehead atoms. The predicted molar refractivity (Wildman–Crippen MR) is 78.9 cm³/mol. The fourth-order valence-corrected chi connectivity index (χ4v) is 1.83. The second kappa shape index (κ2) is 6.90. The van der Waals surface area contributed by atoms with Crippen molar-refractivity contribution in [3.05, 3.63) is 70.5 Å². The van der Waals surface area contributed by atoms with Gasteiger partial charge < -0.3 is 9.84 Å². The van der Waals surface area contributed by atoms with Gasteiger partial charge in [-0.15, -0.1) is 0 Å². The van der Waals surface area contributed by atoms with Crippen molar-refractivity contribution >= 4 is 23.6 Å². The molecule has 0 unspecified atom stereocenters. The molecular weight excluding hydrogens is 295 g/mol. The Morgan fingerprint density at radius 3 is 2.62 bits per heavy atom. The van der Waals surface area contributed by atoms with Crippen LogP contribution >= 0.6 is 11.6 Å². The van der Waals surface area contributed by atoms with Gasteiger partial charge in [0.05, 0.1) is 0 Å². The van der Waals surface area contributed by atoms with E-state index in [0.717, 1.165) is 11.6 Å². The van der Waals surface area contributed by atoms with Gasteiger partial charge in [0.1, 0.15) is 18.2 Å². The minimum absolute atomic E-state index is 0.154. The molecule has 2 rings (SSSR count). The molecule has 2 aromatic rings. The molecule has 0 radical (unpaired) electrons. The number of hydrogen-bond acceptors (Lipinski definition) is 2. The van der Waals surface area contributed by atoms with Gasteiger partial charge in [-0.1, -0.05) is 23.7 Å². The lowest BCUT2D eigenvalue weighted by molar-refractivity contribution is -0.131. The molecule has 1 N–H and O–H groups in total. The average molecular weight is 307 g/mol. The molecule has 3 nitrogen and oxygen atoms in total. The maximum Gasteiger partial charge on any atom is 0.328 e. The SMILES string of the molecule is O=C(O)/C=C/c1ccc(OCc2cc(F)ccc2Cl)cc1. The normalized spacial score (nSPS) is 10.8. The van der Waals surface area contributed by atoms with E-state index in [1.807, 2.05) is 0 Å². The number of hydrogen-bond donors (Lipinski definition) is 1. The van der Waals surface area contributed by atoms with Crippen molar-refractivity contribution in [3.63, 3.8) is 0 Å². The summed E-state index contributed by atoms with van der Waals surface area (Å²) in [5.74, 6) is -0.786. The maximum absolute atomic E-state index is 13.1. The second-order valence-electron chi connectivity index (χ2n) is 4.27. The summed E-state index contributed by atoms with van der Waals surface area (Å²) in [6.45, 7) is 0.154. The highest BCUT2D eigenvalue weighted by Gasteiger charge is 2.03. The summed E-state index contributed by atoms with van der Waals surface area (Å²) < 4.78 is 18.6. The predicted octanol–water partition coefficient (Wildman–Crippen LogP) is 4.16. The third-order valence-electron chi connectivity index (χ3n) is 2.70. The van der Waals surface area contributed by atoms with E-state index in [1.54, 1.807) is 24.3 Å². The zero-order valence-electron chi connectivity index (χ0n) is 10.9. The minimum Gasteiger partial charge on any atom is -0.489 e. The smallest absolute Gasteiger partial charge is 0.328 e. The van der Waals surface area contributed by atoms with Crippen LogP contribution in [0, 0.1) is 5.82 Å². The van der Waals surface area contributed by atoms with Crippen LogP contribution in [-0.2, 0) is 11.4 Å². The lowest BCUT2D eigenvalue weighted by Gasteiger charge is -2.08. The molecular formula is C16H12ClFO3. The second-order valence-corrected chi connectivity index (χ2v) is 4.67. The minimum atomic E-state index is -1.00. The molecule has 0 aliphatic heterocycles. The molecule has 108 valence electrons. The third kappa shape index (κ3) is 4.61. The third-order valence-corrected chi connectivity index (χ3v) is 3.07. The van der Waals surface area contributed by atoms with E-state index in [9.17, 15) is 9.18 Å². The number of carbonyl (C=O) groups is 1. The van der Waals surface area contributed by atoms with Crippen LogP contribution in [0.3, 0.4) is 0 Å². The fraction of sp³-hybridized carbons (Fsp3) is 0.0625. The molecule has 0 aromatic heterocycles. The van der Waals surface area contributed by atoms with Crippen LogP contribution in [0.4, 0.5) is 4.39 Å². The molecule has 0 aliphatic carbocycles. The van der Waals surface area contributed by atoms with Gasteiger partial charge in [0.25, 0.3) is 0 Å². The van der Waals surface area contributed by atoms with Crippen molar-refractivity contribution in [2.75, 3.05) is 0 Å². The van der Waals surface area contributed by atoms with E-state index in [0.29, 0.717) is 16.3 Å². The monoisotopic (exact) mass is 306 g/mol. The Kier molecular flexibility index (Phi) is 4.95. The molecule has 0 fully saturated rings. The van der Waals surface area contributed by atoms with Crippen LogP contribution in [0.1, 0.15) is 11.1 Å². The lowest BCUT2D eigenvalue weighted by atomic mass is 10.2. The van der Waals surface area contributed by atoms with Crippen LogP contribution in [0.25, 0.3) is 6.08 Å². The number of benzene rings is 2. The summed E-state index contributed by atoms with van der Waals surface area (Å²) in [6.07, 6.45) is 2.54. The first-order valence-corrected chi connectivity index (χ1v) is 6.50. The molecule has 0 spiro atoms. The summed E-state index contributed by atoms with van der Waals surface area (Å²) >= 11 is 5.95. The van der Waals surface area contributed by atoms with Gasteiger partial charge in [0, 0.05) is 16.7 Å². The number of ether oxygens (including phenoxy) is 1.